The Balaban J connectivity index is 2.33. The molecule has 0 radical (unpaired) electrons. The van der Waals surface area contributed by atoms with Crippen LogP contribution >= 0.6 is 0 Å². The minimum Gasteiger partial charge on any atom is -0.320 e. The van der Waals surface area contributed by atoms with E-state index in [4.69, 9.17) is 0 Å². The lowest BCUT2D eigenvalue weighted by atomic mass is 10.0. The Labute approximate surface area is 100 Å². The first-order chi connectivity index (χ1) is 7.72. The van der Waals surface area contributed by atoms with Crippen molar-refractivity contribution in [3.05, 3.63) is 35.4 Å². The van der Waals surface area contributed by atoms with Gasteiger partial charge < -0.3 is 5.32 Å². The van der Waals surface area contributed by atoms with Gasteiger partial charge in [-0.05, 0) is 56.3 Å². The summed E-state index contributed by atoms with van der Waals surface area (Å²) >= 11 is 0. The number of rotatable bonds is 7. The van der Waals surface area contributed by atoms with E-state index in [0.717, 1.165) is 12.5 Å². The largest absolute Gasteiger partial charge is 0.320 e. The van der Waals surface area contributed by atoms with Gasteiger partial charge in [-0.15, -0.1) is 0 Å². The van der Waals surface area contributed by atoms with Crippen molar-refractivity contribution in [2.24, 2.45) is 5.92 Å². The Bertz CT molecular complexity index is 274. The third-order valence-electron chi connectivity index (χ3n) is 2.81. The Morgan fingerprint density at radius 1 is 1.00 bits per heavy atom. The highest BCUT2D eigenvalue weighted by atomic mass is 14.8. The predicted molar refractivity (Wildman–Crippen MR) is 71.8 cm³/mol. The summed E-state index contributed by atoms with van der Waals surface area (Å²) in [5, 5.41) is 3.18. The quantitative estimate of drug-likeness (QED) is 0.693. The Morgan fingerprint density at radius 3 is 2.19 bits per heavy atom. The van der Waals surface area contributed by atoms with Crippen LogP contribution in [0.3, 0.4) is 0 Å². The predicted octanol–water partition coefficient (Wildman–Crippen LogP) is 3.43. The summed E-state index contributed by atoms with van der Waals surface area (Å²) in [6.07, 6.45) is 4.96. The van der Waals surface area contributed by atoms with Crippen molar-refractivity contribution in [2.75, 3.05) is 13.6 Å². The molecule has 0 bridgehead atoms. The third kappa shape index (κ3) is 5.32. The summed E-state index contributed by atoms with van der Waals surface area (Å²) < 4.78 is 0. The molecule has 0 saturated heterocycles. The summed E-state index contributed by atoms with van der Waals surface area (Å²) in [5.41, 5.74) is 2.94. The van der Waals surface area contributed by atoms with Crippen molar-refractivity contribution in [2.45, 2.75) is 39.5 Å². The van der Waals surface area contributed by atoms with Crippen LogP contribution in [-0.2, 0) is 12.8 Å². The van der Waals surface area contributed by atoms with Crippen LogP contribution in [0.15, 0.2) is 24.3 Å². The Morgan fingerprint density at radius 2 is 1.62 bits per heavy atom. The molecule has 0 unspecified atom stereocenters. The van der Waals surface area contributed by atoms with Gasteiger partial charge in [-0.25, -0.2) is 0 Å². The Hall–Kier alpha value is -0.820. The SMILES string of the molecule is CNCCCCc1ccc(CC(C)C)cc1. The van der Waals surface area contributed by atoms with E-state index in [2.05, 4.69) is 43.4 Å². The van der Waals surface area contributed by atoms with Crippen LogP contribution in [0.1, 0.15) is 37.8 Å². The fourth-order valence-electron chi connectivity index (χ4n) is 1.94. The zero-order valence-corrected chi connectivity index (χ0v) is 10.9. The van der Waals surface area contributed by atoms with Gasteiger partial charge in [-0.2, -0.15) is 0 Å². The standard InChI is InChI=1S/C15H25N/c1-13(2)12-15-9-7-14(8-10-15)6-4-5-11-16-3/h7-10,13,16H,4-6,11-12H2,1-3H3. The van der Waals surface area contributed by atoms with E-state index in [0.29, 0.717) is 0 Å². The first-order valence-electron chi connectivity index (χ1n) is 6.44. The fourth-order valence-corrected chi connectivity index (χ4v) is 1.94. The lowest BCUT2D eigenvalue weighted by Crippen LogP contribution is -2.07. The van der Waals surface area contributed by atoms with E-state index in [9.17, 15) is 0 Å². The van der Waals surface area contributed by atoms with Crippen LogP contribution in [0.25, 0.3) is 0 Å². The molecule has 90 valence electrons. The van der Waals surface area contributed by atoms with Gasteiger partial charge in [0.15, 0.2) is 0 Å². The molecular weight excluding hydrogens is 194 g/mol. The van der Waals surface area contributed by atoms with Crippen molar-refractivity contribution >= 4 is 0 Å². The molecule has 0 aromatic heterocycles. The lowest BCUT2D eigenvalue weighted by Gasteiger charge is -2.06. The molecule has 0 amide bonds. The van der Waals surface area contributed by atoms with E-state index < -0.39 is 0 Å². The molecular formula is C15H25N. The second kappa shape index (κ2) is 7.45. The molecule has 1 N–H and O–H groups in total. The average molecular weight is 219 g/mol. The molecule has 0 heterocycles. The van der Waals surface area contributed by atoms with Gasteiger partial charge in [-0.3, -0.25) is 0 Å². The van der Waals surface area contributed by atoms with E-state index in [1.807, 2.05) is 7.05 Å². The molecule has 1 heteroatoms. The topological polar surface area (TPSA) is 12.0 Å². The molecule has 1 rings (SSSR count). The fraction of sp³-hybridized carbons (Fsp3) is 0.600. The zero-order chi connectivity index (χ0) is 11.8. The van der Waals surface area contributed by atoms with Crippen LogP contribution < -0.4 is 5.32 Å². The van der Waals surface area contributed by atoms with E-state index in [-0.39, 0.29) is 0 Å². The van der Waals surface area contributed by atoms with E-state index in [1.54, 1.807) is 0 Å². The zero-order valence-electron chi connectivity index (χ0n) is 10.9. The van der Waals surface area contributed by atoms with Crippen molar-refractivity contribution in [1.29, 1.82) is 0 Å². The summed E-state index contributed by atoms with van der Waals surface area (Å²) in [4.78, 5) is 0. The van der Waals surface area contributed by atoms with Gasteiger partial charge in [0.1, 0.15) is 0 Å². The Kier molecular flexibility index (Phi) is 6.17. The number of aryl methyl sites for hydroxylation is 1. The number of hydrogen-bond acceptors (Lipinski definition) is 1. The van der Waals surface area contributed by atoms with Gasteiger partial charge in [-0.1, -0.05) is 38.1 Å². The maximum absolute atomic E-state index is 3.18. The van der Waals surface area contributed by atoms with Crippen LogP contribution in [0.4, 0.5) is 0 Å². The summed E-state index contributed by atoms with van der Waals surface area (Å²) in [6.45, 7) is 5.67. The average Bonchev–Trinajstić information content (AvgIpc) is 2.26. The third-order valence-corrected chi connectivity index (χ3v) is 2.81. The summed E-state index contributed by atoms with van der Waals surface area (Å²) in [5.74, 6) is 0.751. The lowest BCUT2D eigenvalue weighted by molar-refractivity contribution is 0.646. The molecule has 1 aromatic rings. The van der Waals surface area contributed by atoms with Crippen molar-refractivity contribution < 1.29 is 0 Å². The van der Waals surface area contributed by atoms with Crippen LogP contribution in [-0.4, -0.2) is 13.6 Å². The molecule has 0 aliphatic heterocycles. The van der Waals surface area contributed by atoms with Gasteiger partial charge in [0.2, 0.25) is 0 Å². The molecule has 0 aliphatic rings. The number of nitrogens with one attached hydrogen (secondary N) is 1. The monoisotopic (exact) mass is 219 g/mol. The number of unbranched alkanes of at least 4 members (excludes halogenated alkanes) is 1. The highest BCUT2D eigenvalue weighted by Crippen LogP contribution is 2.11. The molecule has 16 heavy (non-hydrogen) atoms. The second-order valence-electron chi connectivity index (χ2n) is 4.98. The number of benzene rings is 1. The maximum Gasteiger partial charge on any atom is -0.00518 e. The highest BCUT2D eigenvalue weighted by Gasteiger charge is 1.98. The number of hydrogen-bond donors (Lipinski definition) is 1. The van der Waals surface area contributed by atoms with E-state index >= 15 is 0 Å². The molecule has 0 aliphatic carbocycles. The van der Waals surface area contributed by atoms with Crippen LogP contribution in [0, 0.1) is 5.92 Å². The highest BCUT2D eigenvalue weighted by molar-refractivity contribution is 5.22. The van der Waals surface area contributed by atoms with Gasteiger partial charge in [0.05, 0.1) is 0 Å². The van der Waals surface area contributed by atoms with E-state index in [1.165, 1.54) is 36.8 Å². The van der Waals surface area contributed by atoms with Crippen molar-refractivity contribution in [1.82, 2.24) is 5.32 Å². The molecule has 0 atom stereocenters. The molecule has 0 fully saturated rings. The molecule has 0 spiro atoms. The van der Waals surface area contributed by atoms with Crippen molar-refractivity contribution in [3.8, 4) is 0 Å². The molecule has 1 aromatic carbocycles. The van der Waals surface area contributed by atoms with Crippen LogP contribution in [0.2, 0.25) is 0 Å². The van der Waals surface area contributed by atoms with Gasteiger partial charge >= 0.3 is 0 Å². The van der Waals surface area contributed by atoms with Gasteiger partial charge in [0, 0.05) is 0 Å². The molecule has 0 saturated carbocycles. The summed E-state index contributed by atoms with van der Waals surface area (Å²) in [6, 6.07) is 9.15. The van der Waals surface area contributed by atoms with Gasteiger partial charge in [0.25, 0.3) is 0 Å². The molecule has 1 nitrogen and oxygen atoms in total. The minimum absolute atomic E-state index is 0.751. The van der Waals surface area contributed by atoms with Crippen molar-refractivity contribution in [3.63, 3.8) is 0 Å². The maximum atomic E-state index is 3.18. The normalized spacial score (nSPS) is 11.0. The first-order valence-corrected chi connectivity index (χ1v) is 6.44. The van der Waals surface area contributed by atoms with Crippen LogP contribution in [0.5, 0.6) is 0 Å². The summed E-state index contributed by atoms with van der Waals surface area (Å²) in [7, 11) is 2.01. The smallest absolute Gasteiger partial charge is 0.00518 e. The minimum atomic E-state index is 0.751. The second-order valence-corrected chi connectivity index (χ2v) is 4.98. The first kappa shape index (κ1) is 13.2.